The van der Waals surface area contributed by atoms with Gasteiger partial charge in [0.2, 0.25) is 15.9 Å². The van der Waals surface area contributed by atoms with Crippen molar-refractivity contribution in [2.45, 2.75) is 26.4 Å². The number of nitrogens with one attached hydrogen (secondary N) is 1. The third-order valence-electron chi connectivity index (χ3n) is 3.85. The molecule has 27 heavy (non-hydrogen) atoms. The number of nitrogens with zero attached hydrogens (tertiary/aromatic N) is 1. The van der Waals surface area contributed by atoms with E-state index in [-0.39, 0.29) is 6.54 Å². The van der Waals surface area contributed by atoms with Crippen molar-refractivity contribution in [3.63, 3.8) is 0 Å². The van der Waals surface area contributed by atoms with Crippen LogP contribution in [0.5, 0.6) is 5.75 Å². The van der Waals surface area contributed by atoms with Gasteiger partial charge in [0.05, 0.1) is 18.6 Å². The number of sulfonamides is 1. The molecule has 2 aromatic carbocycles. The molecular formula is C19H23ClN2O4S. The van der Waals surface area contributed by atoms with E-state index < -0.39 is 22.0 Å². The normalized spacial score (nSPS) is 12.3. The Kier molecular flexibility index (Phi) is 7.10. The van der Waals surface area contributed by atoms with E-state index in [2.05, 4.69) is 5.32 Å². The second-order valence-electron chi connectivity index (χ2n) is 6.01. The summed E-state index contributed by atoms with van der Waals surface area (Å²) in [4.78, 5) is 12.6. The lowest BCUT2D eigenvalue weighted by molar-refractivity contribution is -0.122. The fraction of sp³-hybridized carbons (Fsp3) is 0.316. The highest BCUT2D eigenvalue weighted by Crippen LogP contribution is 2.23. The third kappa shape index (κ3) is 5.87. The standard InChI is InChI=1S/C19H23ClN2O4S/c1-4-26-18-7-5-6-15(12-18)13-21-19(23)14(2)22(27(3,24)25)17-10-8-16(20)9-11-17/h5-12,14H,4,13H2,1-3H3,(H,21,23)/t14-/m0/s1. The molecule has 0 spiro atoms. The minimum atomic E-state index is -3.66. The van der Waals surface area contributed by atoms with Crippen LogP contribution in [-0.4, -0.2) is 33.2 Å². The van der Waals surface area contributed by atoms with Crippen LogP contribution >= 0.6 is 11.6 Å². The number of hydrogen-bond donors (Lipinski definition) is 1. The summed E-state index contributed by atoms with van der Waals surface area (Å²) in [6.45, 7) is 4.26. The molecule has 1 atom stereocenters. The molecule has 0 aliphatic carbocycles. The summed E-state index contributed by atoms with van der Waals surface area (Å²) in [5, 5.41) is 3.26. The molecule has 0 bridgehead atoms. The summed E-state index contributed by atoms with van der Waals surface area (Å²) in [7, 11) is -3.66. The van der Waals surface area contributed by atoms with Crippen LogP contribution in [0.3, 0.4) is 0 Å². The second-order valence-corrected chi connectivity index (χ2v) is 8.31. The third-order valence-corrected chi connectivity index (χ3v) is 5.34. The first-order valence-electron chi connectivity index (χ1n) is 8.46. The van der Waals surface area contributed by atoms with Gasteiger partial charge >= 0.3 is 0 Å². The van der Waals surface area contributed by atoms with Crippen LogP contribution in [0.15, 0.2) is 48.5 Å². The van der Waals surface area contributed by atoms with Crippen LogP contribution in [0.1, 0.15) is 19.4 Å². The lowest BCUT2D eigenvalue weighted by atomic mass is 10.2. The number of carbonyl (C=O) groups excluding carboxylic acids is 1. The van der Waals surface area contributed by atoms with Gasteiger partial charge in [0.25, 0.3) is 0 Å². The summed E-state index contributed by atoms with van der Waals surface area (Å²) in [5.74, 6) is 0.313. The second kappa shape index (κ2) is 9.10. The molecule has 0 heterocycles. The summed E-state index contributed by atoms with van der Waals surface area (Å²) in [5.41, 5.74) is 1.24. The van der Waals surface area contributed by atoms with E-state index in [1.165, 1.54) is 0 Å². The Morgan fingerprint density at radius 3 is 2.48 bits per heavy atom. The molecule has 8 heteroatoms. The molecule has 146 valence electrons. The first-order valence-corrected chi connectivity index (χ1v) is 10.7. The van der Waals surface area contributed by atoms with Gasteiger partial charge in [-0.15, -0.1) is 0 Å². The van der Waals surface area contributed by atoms with Gasteiger partial charge in [-0.2, -0.15) is 0 Å². The summed E-state index contributed by atoms with van der Waals surface area (Å²) in [6.07, 6.45) is 1.07. The number of benzene rings is 2. The summed E-state index contributed by atoms with van der Waals surface area (Å²) < 4.78 is 31.0. The van der Waals surface area contributed by atoms with Crippen molar-refractivity contribution in [1.82, 2.24) is 5.32 Å². The Hall–Kier alpha value is -2.25. The Bertz CT molecular complexity index is 885. The van der Waals surface area contributed by atoms with Gasteiger partial charge in [-0.25, -0.2) is 8.42 Å². The Morgan fingerprint density at radius 2 is 1.89 bits per heavy atom. The van der Waals surface area contributed by atoms with Crippen LogP contribution in [0.4, 0.5) is 5.69 Å². The smallest absolute Gasteiger partial charge is 0.243 e. The van der Waals surface area contributed by atoms with E-state index in [9.17, 15) is 13.2 Å². The van der Waals surface area contributed by atoms with E-state index >= 15 is 0 Å². The van der Waals surface area contributed by atoms with Gasteiger partial charge in [0.15, 0.2) is 0 Å². The number of carbonyl (C=O) groups is 1. The summed E-state index contributed by atoms with van der Waals surface area (Å²) >= 11 is 5.87. The Labute approximate surface area is 165 Å². The van der Waals surface area contributed by atoms with Crippen LogP contribution in [-0.2, 0) is 21.4 Å². The number of amides is 1. The number of anilines is 1. The van der Waals surface area contributed by atoms with Crippen LogP contribution in [0.25, 0.3) is 0 Å². The molecule has 0 aromatic heterocycles. The van der Waals surface area contributed by atoms with E-state index in [0.717, 1.165) is 21.9 Å². The molecular weight excluding hydrogens is 388 g/mol. The van der Waals surface area contributed by atoms with Gasteiger partial charge in [-0.05, 0) is 55.8 Å². The minimum absolute atomic E-state index is 0.266. The van der Waals surface area contributed by atoms with Crippen LogP contribution in [0, 0.1) is 0 Å². The van der Waals surface area contributed by atoms with Crippen LogP contribution < -0.4 is 14.4 Å². The maximum absolute atomic E-state index is 12.6. The van der Waals surface area contributed by atoms with E-state index in [1.807, 2.05) is 31.2 Å². The van der Waals surface area contributed by atoms with Crippen molar-refractivity contribution in [3.05, 3.63) is 59.1 Å². The van der Waals surface area contributed by atoms with Gasteiger partial charge in [0, 0.05) is 11.6 Å². The molecule has 6 nitrogen and oxygen atoms in total. The van der Waals surface area contributed by atoms with Crippen LogP contribution in [0.2, 0.25) is 5.02 Å². The molecule has 1 N–H and O–H groups in total. The quantitative estimate of drug-likeness (QED) is 0.725. The fourth-order valence-corrected chi connectivity index (χ4v) is 3.95. The predicted molar refractivity (Wildman–Crippen MR) is 108 cm³/mol. The maximum atomic E-state index is 12.6. The van der Waals surface area contributed by atoms with Crippen molar-refractivity contribution in [3.8, 4) is 5.75 Å². The number of rotatable bonds is 8. The van der Waals surface area contributed by atoms with E-state index in [1.54, 1.807) is 31.2 Å². The topological polar surface area (TPSA) is 75.7 Å². The first kappa shape index (κ1) is 21.1. The van der Waals surface area contributed by atoms with Gasteiger partial charge in [-0.3, -0.25) is 9.10 Å². The molecule has 0 radical (unpaired) electrons. The number of halogens is 1. The molecule has 1 amide bonds. The zero-order valence-electron chi connectivity index (χ0n) is 15.5. The number of hydrogen-bond acceptors (Lipinski definition) is 4. The van der Waals surface area contributed by atoms with Gasteiger partial charge < -0.3 is 10.1 Å². The minimum Gasteiger partial charge on any atom is -0.494 e. The van der Waals surface area contributed by atoms with Crippen molar-refractivity contribution in [1.29, 1.82) is 0 Å². The highest BCUT2D eigenvalue weighted by Gasteiger charge is 2.28. The molecule has 2 rings (SSSR count). The van der Waals surface area contributed by atoms with Gasteiger partial charge in [-0.1, -0.05) is 23.7 Å². The fourth-order valence-electron chi connectivity index (χ4n) is 2.65. The van der Waals surface area contributed by atoms with E-state index in [4.69, 9.17) is 16.3 Å². The Balaban J connectivity index is 2.13. The van der Waals surface area contributed by atoms with Crippen molar-refractivity contribution in [2.24, 2.45) is 0 Å². The molecule has 0 aliphatic heterocycles. The highest BCUT2D eigenvalue weighted by atomic mass is 35.5. The molecule has 0 fully saturated rings. The first-order chi connectivity index (χ1) is 12.7. The van der Waals surface area contributed by atoms with E-state index in [0.29, 0.717) is 17.3 Å². The monoisotopic (exact) mass is 410 g/mol. The van der Waals surface area contributed by atoms with Crippen molar-refractivity contribution in [2.75, 3.05) is 17.2 Å². The largest absolute Gasteiger partial charge is 0.494 e. The Morgan fingerprint density at radius 1 is 1.22 bits per heavy atom. The maximum Gasteiger partial charge on any atom is 0.243 e. The van der Waals surface area contributed by atoms with Crippen molar-refractivity contribution >= 4 is 33.2 Å². The lowest BCUT2D eigenvalue weighted by Crippen LogP contribution is -2.47. The van der Waals surface area contributed by atoms with Crippen molar-refractivity contribution < 1.29 is 17.9 Å². The zero-order chi connectivity index (χ0) is 20.0. The predicted octanol–water partition coefficient (Wildman–Crippen LogP) is 3.21. The average molecular weight is 411 g/mol. The molecule has 0 unspecified atom stereocenters. The SMILES string of the molecule is CCOc1cccc(CNC(=O)[C@H](C)N(c2ccc(Cl)cc2)S(C)(=O)=O)c1. The molecule has 0 saturated carbocycles. The molecule has 0 saturated heterocycles. The zero-order valence-corrected chi connectivity index (χ0v) is 17.0. The molecule has 2 aromatic rings. The van der Waals surface area contributed by atoms with Gasteiger partial charge in [0.1, 0.15) is 11.8 Å². The lowest BCUT2D eigenvalue weighted by Gasteiger charge is -2.28. The number of ether oxygens (including phenoxy) is 1. The molecule has 0 aliphatic rings. The summed E-state index contributed by atoms with van der Waals surface area (Å²) in [6, 6.07) is 12.8. The highest BCUT2D eigenvalue weighted by molar-refractivity contribution is 7.92. The average Bonchev–Trinajstić information content (AvgIpc) is 2.61.